The van der Waals surface area contributed by atoms with Crippen molar-refractivity contribution in [1.29, 1.82) is 0 Å². The molecule has 1 aromatic heterocycles. The molecule has 0 bridgehead atoms. The number of carbonyl (C=O) groups excluding carboxylic acids is 1. The maximum Gasteiger partial charge on any atom is 0.414 e. The summed E-state index contributed by atoms with van der Waals surface area (Å²) in [5.74, 6) is -0.437. The average molecular weight is 449 g/mol. The Morgan fingerprint density at radius 3 is 2.52 bits per heavy atom. The maximum atomic E-state index is 13.9. The van der Waals surface area contributed by atoms with E-state index in [0.717, 1.165) is 6.07 Å². The Kier molecular flexibility index (Phi) is 6.17. The summed E-state index contributed by atoms with van der Waals surface area (Å²) in [4.78, 5) is 31.4. The number of halogens is 2. The van der Waals surface area contributed by atoms with Gasteiger partial charge in [-0.1, -0.05) is 24.3 Å². The number of nitrogens with zero attached hydrogens (tertiary/aromatic N) is 3. The lowest BCUT2D eigenvalue weighted by atomic mass is 10.1. The highest BCUT2D eigenvalue weighted by atomic mass is 19.1. The Bertz CT molecular complexity index is 1400. The molecule has 0 spiro atoms. The summed E-state index contributed by atoms with van der Waals surface area (Å²) in [5, 5.41) is 0.126. The number of amides is 1. The maximum absolute atomic E-state index is 13.9. The van der Waals surface area contributed by atoms with Crippen LogP contribution in [0.15, 0.2) is 71.5 Å². The van der Waals surface area contributed by atoms with Gasteiger partial charge in [0, 0.05) is 20.6 Å². The molecule has 0 aliphatic rings. The van der Waals surface area contributed by atoms with E-state index in [-0.39, 0.29) is 29.3 Å². The third-order valence-electron chi connectivity index (χ3n) is 5.12. The minimum absolute atomic E-state index is 0.126. The normalized spacial score (nSPS) is 10.9. The first-order valence-corrected chi connectivity index (χ1v) is 10.3. The second-order valence-electron chi connectivity index (χ2n) is 7.69. The molecule has 8 heteroatoms. The summed E-state index contributed by atoms with van der Waals surface area (Å²) in [6.07, 6.45) is -0.244. The molecule has 1 heterocycles. The van der Waals surface area contributed by atoms with Crippen LogP contribution in [-0.2, 0) is 13.0 Å². The van der Waals surface area contributed by atoms with Gasteiger partial charge in [-0.2, -0.15) is 0 Å². The highest BCUT2D eigenvalue weighted by Gasteiger charge is 2.19. The van der Waals surface area contributed by atoms with Crippen LogP contribution < -0.4 is 10.3 Å². The van der Waals surface area contributed by atoms with Crippen LogP contribution in [-0.4, -0.2) is 34.6 Å². The third kappa shape index (κ3) is 4.74. The lowest BCUT2D eigenvalue weighted by Crippen LogP contribution is -2.27. The van der Waals surface area contributed by atoms with Gasteiger partial charge in [0.1, 0.15) is 23.2 Å². The van der Waals surface area contributed by atoms with E-state index in [9.17, 15) is 18.4 Å². The number of fused-ring (bicyclic) bond motifs is 1. The van der Waals surface area contributed by atoms with Gasteiger partial charge < -0.3 is 9.64 Å². The molecule has 0 saturated heterocycles. The summed E-state index contributed by atoms with van der Waals surface area (Å²) in [7, 11) is 3.12. The van der Waals surface area contributed by atoms with E-state index in [0.29, 0.717) is 23.1 Å². The third-order valence-corrected chi connectivity index (χ3v) is 5.12. The Morgan fingerprint density at radius 2 is 1.76 bits per heavy atom. The zero-order valence-electron chi connectivity index (χ0n) is 18.1. The van der Waals surface area contributed by atoms with Crippen molar-refractivity contribution in [2.24, 2.45) is 0 Å². The molecule has 0 radical (unpaired) electrons. The molecule has 0 aliphatic carbocycles. The summed E-state index contributed by atoms with van der Waals surface area (Å²) in [6.45, 7) is 0.160. The molecule has 0 aliphatic heterocycles. The van der Waals surface area contributed by atoms with Crippen molar-refractivity contribution in [1.82, 2.24) is 14.5 Å². The Balaban J connectivity index is 1.87. The molecule has 33 heavy (non-hydrogen) atoms. The van der Waals surface area contributed by atoms with E-state index < -0.39 is 17.5 Å². The van der Waals surface area contributed by atoms with Crippen LogP contribution in [0, 0.1) is 11.6 Å². The molecular weight excluding hydrogens is 428 g/mol. The molecule has 0 atom stereocenters. The van der Waals surface area contributed by atoms with Gasteiger partial charge in [0.25, 0.3) is 5.56 Å². The minimum Gasteiger partial charge on any atom is -0.409 e. The average Bonchev–Trinajstić information content (AvgIpc) is 2.79. The Labute approximate surface area is 188 Å². The number of hydrogen-bond acceptors (Lipinski definition) is 4. The van der Waals surface area contributed by atoms with Crippen LogP contribution >= 0.6 is 0 Å². The van der Waals surface area contributed by atoms with Crippen LogP contribution in [0.4, 0.5) is 13.6 Å². The van der Waals surface area contributed by atoms with Gasteiger partial charge in [0.2, 0.25) is 0 Å². The predicted octanol–water partition coefficient (Wildman–Crippen LogP) is 4.64. The number of aryl methyl sites for hydroxylation is 1. The fourth-order valence-corrected chi connectivity index (χ4v) is 3.47. The number of hydrogen-bond donors (Lipinski definition) is 0. The number of rotatable bonds is 5. The first kappa shape index (κ1) is 22.1. The van der Waals surface area contributed by atoms with Crippen LogP contribution in [0.5, 0.6) is 5.75 Å². The molecule has 6 nitrogen and oxygen atoms in total. The number of ether oxygens (including phenoxy) is 1. The van der Waals surface area contributed by atoms with Gasteiger partial charge in [-0.15, -0.1) is 0 Å². The number of benzene rings is 3. The van der Waals surface area contributed by atoms with Crippen LogP contribution in [0.25, 0.3) is 22.3 Å². The monoisotopic (exact) mass is 449 g/mol. The molecule has 0 unspecified atom stereocenters. The Hall–Kier alpha value is -4.07. The largest absolute Gasteiger partial charge is 0.414 e. The van der Waals surface area contributed by atoms with Gasteiger partial charge in [0.15, 0.2) is 0 Å². The van der Waals surface area contributed by atoms with E-state index in [4.69, 9.17) is 4.74 Å². The highest BCUT2D eigenvalue weighted by Crippen LogP contribution is 2.29. The van der Waals surface area contributed by atoms with Gasteiger partial charge in [-0.05, 0) is 54.4 Å². The molecule has 4 rings (SSSR count). The molecule has 0 fully saturated rings. The second-order valence-corrected chi connectivity index (χ2v) is 7.69. The molecular formula is C25H21F2N3O3. The fraction of sp³-hybridized carbons (Fsp3) is 0.160. The van der Waals surface area contributed by atoms with E-state index in [1.54, 1.807) is 50.5 Å². The molecule has 168 valence electrons. The summed E-state index contributed by atoms with van der Waals surface area (Å²) in [6, 6.07) is 16.6. The van der Waals surface area contributed by atoms with Gasteiger partial charge in [-0.3, -0.25) is 9.36 Å². The summed E-state index contributed by atoms with van der Waals surface area (Å²) in [5.41, 5.74) is 0.988. The highest BCUT2D eigenvalue weighted by molar-refractivity contribution is 5.81. The van der Waals surface area contributed by atoms with Crippen molar-refractivity contribution in [3.8, 4) is 17.1 Å². The Morgan fingerprint density at radius 1 is 1.00 bits per heavy atom. The van der Waals surface area contributed by atoms with Crippen molar-refractivity contribution in [3.05, 3.63) is 94.3 Å². The first-order chi connectivity index (χ1) is 15.8. The van der Waals surface area contributed by atoms with E-state index >= 15 is 0 Å². The molecule has 3 aromatic carbocycles. The lowest BCUT2D eigenvalue weighted by Gasteiger charge is -2.17. The van der Waals surface area contributed by atoms with Crippen LogP contribution in [0.2, 0.25) is 0 Å². The second kappa shape index (κ2) is 9.20. The van der Waals surface area contributed by atoms with Crippen molar-refractivity contribution >= 4 is 17.0 Å². The fourth-order valence-electron chi connectivity index (χ4n) is 3.47. The summed E-state index contributed by atoms with van der Waals surface area (Å²) < 4.78 is 34.4. The SMILES string of the molecule is CN(C)C(=O)Oc1ccccc1-c1nc2ccc(F)cc2c(=O)n1CCc1cccc(F)c1. The van der Waals surface area contributed by atoms with E-state index in [1.807, 2.05) is 0 Å². The standard InChI is InChI=1S/C25H21F2N3O3/c1-29(2)25(32)33-22-9-4-3-8-19(22)23-28-21-11-10-18(27)15-20(21)24(31)30(23)13-12-16-6-5-7-17(26)14-16/h3-11,14-15H,12-13H2,1-2H3. The molecule has 0 saturated carbocycles. The number of aromatic nitrogens is 2. The topological polar surface area (TPSA) is 64.4 Å². The number of para-hydroxylation sites is 1. The molecule has 4 aromatic rings. The van der Waals surface area contributed by atoms with Crippen LogP contribution in [0.1, 0.15) is 5.56 Å². The lowest BCUT2D eigenvalue weighted by molar-refractivity contribution is 0.172. The quantitative estimate of drug-likeness (QED) is 0.445. The summed E-state index contributed by atoms with van der Waals surface area (Å²) >= 11 is 0. The zero-order valence-corrected chi connectivity index (χ0v) is 18.1. The van der Waals surface area contributed by atoms with Crippen LogP contribution in [0.3, 0.4) is 0 Å². The molecule has 1 amide bonds. The predicted molar refractivity (Wildman–Crippen MR) is 121 cm³/mol. The van der Waals surface area contributed by atoms with Crippen molar-refractivity contribution in [2.75, 3.05) is 14.1 Å². The molecule has 0 N–H and O–H groups in total. The minimum atomic E-state index is -0.584. The van der Waals surface area contributed by atoms with E-state index in [1.165, 1.54) is 33.7 Å². The van der Waals surface area contributed by atoms with Crippen molar-refractivity contribution in [3.63, 3.8) is 0 Å². The van der Waals surface area contributed by atoms with Crippen molar-refractivity contribution < 1.29 is 18.3 Å². The van der Waals surface area contributed by atoms with Crippen molar-refractivity contribution in [2.45, 2.75) is 13.0 Å². The smallest absolute Gasteiger partial charge is 0.409 e. The number of carbonyl (C=O) groups is 1. The first-order valence-electron chi connectivity index (χ1n) is 10.3. The van der Waals surface area contributed by atoms with Gasteiger partial charge >= 0.3 is 6.09 Å². The van der Waals surface area contributed by atoms with Gasteiger partial charge in [0.05, 0.1) is 16.5 Å². The zero-order chi connectivity index (χ0) is 23.5. The van der Waals surface area contributed by atoms with Gasteiger partial charge in [-0.25, -0.2) is 18.6 Å². The van der Waals surface area contributed by atoms with E-state index in [2.05, 4.69) is 4.98 Å².